The lowest BCUT2D eigenvalue weighted by Crippen LogP contribution is -2.09. The van der Waals surface area contributed by atoms with Crippen LogP contribution in [0.4, 0.5) is 4.39 Å². The lowest BCUT2D eigenvalue weighted by molar-refractivity contribution is 0.156. The van der Waals surface area contributed by atoms with E-state index in [1.807, 2.05) is 18.2 Å². The number of rotatable bonds is 4. The van der Waals surface area contributed by atoms with Gasteiger partial charge in [-0.25, -0.2) is 0 Å². The highest BCUT2D eigenvalue weighted by Gasteiger charge is 2.17. The van der Waals surface area contributed by atoms with Crippen LogP contribution >= 0.6 is 0 Å². The number of ether oxygens (including phenoxy) is 1. The van der Waals surface area contributed by atoms with E-state index in [4.69, 9.17) is 4.74 Å². The summed E-state index contributed by atoms with van der Waals surface area (Å²) in [5.41, 5.74) is 2.18. The van der Waals surface area contributed by atoms with Gasteiger partial charge in [-0.05, 0) is 42.5 Å². The van der Waals surface area contributed by atoms with Gasteiger partial charge < -0.3 is 9.84 Å². The van der Waals surface area contributed by atoms with E-state index in [9.17, 15) is 9.50 Å². The van der Waals surface area contributed by atoms with E-state index >= 15 is 0 Å². The average molecular weight is 224 g/mol. The van der Waals surface area contributed by atoms with Crippen molar-refractivity contribution in [1.29, 1.82) is 0 Å². The van der Waals surface area contributed by atoms with E-state index in [1.54, 1.807) is 0 Å². The summed E-state index contributed by atoms with van der Waals surface area (Å²) in [4.78, 5) is 0. The number of aryl methyl sites for hydroxylation is 1. The third-order valence-electron chi connectivity index (χ3n) is 2.94. The monoisotopic (exact) mass is 224 g/mol. The normalized spacial score (nSPS) is 19.2. The molecule has 0 aliphatic heterocycles. The molecule has 2 nitrogen and oxygen atoms in total. The maximum Gasteiger partial charge on any atom is 0.119 e. The number of halogens is 1. The Hall–Kier alpha value is -1.09. The van der Waals surface area contributed by atoms with Gasteiger partial charge in [-0.15, -0.1) is 0 Å². The molecule has 0 bridgehead atoms. The first-order chi connectivity index (χ1) is 7.81. The van der Waals surface area contributed by atoms with Crippen LogP contribution < -0.4 is 4.74 Å². The van der Waals surface area contributed by atoms with Crippen LogP contribution in [0.2, 0.25) is 0 Å². The van der Waals surface area contributed by atoms with Crippen molar-refractivity contribution >= 4 is 0 Å². The number of aliphatic hydroxyl groups excluding tert-OH is 1. The van der Waals surface area contributed by atoms with E-state index < -0.39 is 0 Å². The molecule has 1 aliphatic rings. The van der Waals surface area contributed by atoms with Crippen LogP contribution in [0.25, 0.3) is 0 Å². The molecular formula is C13H17FO2. The van der Waals surface area contributed by atoms with Crippen LogP contribution in [0, 0.1) is 0 Å². The summed E-state index contributed by atoms with van der Waals surface area (Å²) in [5.74, 6) is 0.779. The van der Waals surface area contributed by atoms with Gasteiger partial charge in [-0.3, -0.25) is 4.39 Å². The zero-order valence-corrected chi connectivity index (χ0v) is 9.29. The van der Waals surface area contributed by atoms with E-state index in [2.05, 4.69) is 0 Å². The molecule has 2 rings (SSSR count). The van der Waals surface area contributed by atoms with E-state index in [-0.39, 0.29) is 12.8 Å². The smallest absolute Gasteiger partial charge is 0.119 e. The number of hydrogen-bond donors (Lipinski definition) is 1. The lowest BCUT2D eigenvalue weighted by atomic mass is 9.89. The molecular weight excluding hydrogens is 207 g/mol. The molecule has 1 aromatic rings. The van der Waals surface area contributed by atoms with E-state index in [0.29, 0.717) is 13.0 Å². The molecule has 1 unspecified atom stereocenters. The maximum atomic E-state index is 11.9. The first-order valence-electron chi connectivity index (χ1n) is 5.81. The molecule has 1 N–H and O–H groups in total. The van der Waals surface area contributed by atoms with Gasteiger partial charge in [0.2, 0.25) is 0 Å². The summed E-state index contributed by atoms with van der Waals surface area (Å²) in [5, 5.41) is 9.78. The Bertz CT molecular complexity index is 352. The molecule has 0 saturated heterocycles. The minimum atomic E-state index is -0.344. The summed E-state index contributed by atoms with van der Waals surface area (Å²) >= 11 is 0. The number of hydrogen-bond acceptors (Lipinski definition) is 2. The van der Waals surface area contributed by atoms with Crippen molar-refractivity contribution in [2.45, 2.75) is 31.8 Å². The average Bonchev–Trinajstić information content (AvgIpc) is 2.30. The maximum absolute atomic E-state index is 11.9. The van der Waals surface area contributed by atoms with Gasteiger partial charge >= 0.3 is 0 Å². The Kier molecular flexibility index (Phi) is 3.78. The molecule has 1 atom stereocenters. The second kappa shape index (κ2) is 5.30. The summed E-state index contributed by atoms with van der Waals surface area (Å²) in [6.45, 7) is 0.0709. The molecule has 0 aromatic heterocycles. The molecule has 3 heteroatoms. The number of aliphatic hydroxyl groups is 1. The number of alkyl halides is 1. The first-order valence-corrected chi connectivity index (χ1v) is 5.81. The Labute approximate surface area is 95.1 Å². The van der Waals surface area contributed by atoms with Gasteiger partial charge in [0, 0.05) is 6.42 Å². The second-order valence-electron chi connectivity index (χ2n) is 4.16. The molecule has 0 amide bonds. The number of fused-ring (bicyclic) bond motifs is 1. The van der Waals surface area contributed by atoms with Crippen molar-refractivity contribution in [3.05, 3.63) is 29.3 Å². The third kappa shape index (κ3) is 2.53. The highest BCUT2D eigenvalue weighted by Crippen LogP contribution is 2.31. The van der Waals surface area contributed by atoms with Crippen molar-refractivity contribution in [3.63, 3.8) is 0 Å². The van der Waals surface area contributed by atoms with E-state index in [0.717, 1.165) is 36.1 Å². The number of benzene rings is 1. The fourth-order valence-electron chi connectivity index (χ4n) is 2.10. The largest absolute Gasteiger partial charge is 0.493 e. The summed E-state index contributed by atoms with van der Waals surface area (Å²) < 4.78 is 17.3. The molecule has 0 fully saturated rings. The molecule has 1 aromatic carbocycles. The lowest BCUT2D eigenvalue weighted by Gasteiger charge is -2.21. The van der Waals surface area contributed by atoms with Crippen molar-refractivity contribution in [3.8, 4) is 5.75 Å². The standard InChI is InChI=1S/C13H17FO2/c14-7-2-8-16-11-5-6-12-10(9-11)3-1-4-13(12)15/h5-6,9,13,15H,1-4,7-8H2. The highest BCUT2D eigenvalue weighted by molar-refractivity contribution is 5.38. The van der Waals surface area contributed by atoms with Crippen molar-refractivity contribution in [2.24, 2.45) is 0 Å². The Morgan fingerprint density at radius 1 is 1.44 bits per heavy atom. The van der Waals surface area contributed by atoms with Crippen molar-refractivity contribution in [1.82, 2.24) is 0 Å². The molecule has 1 aliphatic carbocycles. The van der Waals surface area contributed by atoms with Gasteiger partial charge in [0.05, 0.1) is 19.4 Å². The van der Waals surface area contributed by atoms with Crippen LogP contribution in [0.5, 0.6) is 5.75 Å². The quantitative estimate of drug-likeness (QED) is 0.797. The Balaban J connectivity index is 2.06. The van der Waals surface area contributed by atoms with Gasteiger partial charge in [0.25, 0.3) is 0 Å². The Morgan fingerprint density at radius 2 is 2.31 bits per heavy atom. The van der Waals surface area contributed by atoms with Gasteiger partial charge in [0.15, 0.2) is 0 Å². The third-order valence-corrected chi connectivity index (χ3v) is 2.94. The van der Waals surface area contributed by atoms with E-state index in [1.165, 1.54) is 0 Å². The van der Waals surface area contributed by atoms with Gasteiger partial charge in [-0.1, -0.05) is 6.07 Å². The molecule has 0 heterocycles. The van der Waals surface area contributed by atoms with Crippen LogP contribution in [0.15, 0.2) is 18.2 Å². The predicted molar refractivity (Wildman–Crippen MR) is 60.4 cm³/mol. The van der Waals surface area contributed by atoms with Crippen LogP contribution in [-0.2, 0) is 6.42 Å². The Morgan fingerprint density at radius 3 is 3.12 bits per heavy atom. The van der Waals surface area contributed by atoms with Crippen LogP contribution in [0.3, 0.4) is 0 Å². The second-order valence-corrected chi connectivity index (χ2v) is 4.16. The van der Waals surface area contributed by atoms with Crippen LogP contribution in [-0.4, -0.2) is 18.4 Å². The van der Waals surface area contributed by atoms with Crippen LogP contribution in [0.1, 0.15) is 36.5 Å². The van der Waals surface area contributed by atoms with Crippen molar-refractivity contribution < 1.29 is 14.2 Å². The molecule has 0 saturated carbocycles. The molecule has 0 radical (unpaired) electrons. The topological polar surface area (TPSA) is 29.5 Å². The fourth-order valence-corrected chi connectivity index (χ4v) is 2.10. The molecule has 0 spiro atoms. The zero-order chi connectivity index (χ0) is 11.4. The van der Waals surface area contributed by atoms with Crippen molar-refractivity contribution in [2.75, 3.05) is 13.3 Å². The summed E-state index contributed by atoms with van der Waals surface area (Å²) in [6.07, 6.45) is 2.95. The summed E-state index contributed by atoms with van der Waals surface area (Å²) in [6, 6.07) is 5.74. The summed E-state index contributed by atoms with van der Waals surface area (Å²) in [7, 11) is 0. The minimum absolute atomic E-state index is 0.330. The van der Waals surface area contributed by atoms with Gasteiger partial charge in [-0.2, -0.15) is 0 Å². The first kappa shape index (κ1) is 11.4. The zero-order valence-electron chi connectivity index (χ0n) is 9.29. The van der Waals surface area contributed by atoms with Gasteiger partial charge in [0.1, 0.15) is 5.75 Å². The SMILES string of the molecule is OC1CCCc2cc(OCCCF)ccc21. The highest BCUT2D eigenvalue weighted by atomic mass is 19.1. The predicted octanol–water partition coefficient (Wildman–Crippen LogP) is 2.79. The fraction of sp³-hybridized carbons (Fsp3) is 0.538. The molecule has 16 heavy (non-hydrogen) atoms. The molecule has 88 valence electrons. The minimum Gasteiger partial charge on any atom is -0.493 e.